The van der Waals surface area contributed by atoms with E-state index in [1.807, 2.05) is 12.1 Å². The third-order valence-corrected chi connectivity index (χ3v) is 6.49. The number of rotatable bonds is 8. The summed E-state index contributed by atoms with van der Waals surface area (Å²) in [6, 6.07) is 23.9. The molecule has 1 aromatic heterocycles. The van der Waals surface area contributed by atoms with Crippen molar-refractivity contribution < 1.29 is 14.1 Å². The van der Waals surface area contributed by atoms with Crippen molar-refractivity contribution in [3.8, 4) is 5.75 Å². The van der Waals surface area contributed by atoms with Gasteiger partial charge in [-0.1, -0.05) is 42.5 Å². The van der Waals surface area contributed by atoms with Gasteiger partial charge >= 0.3 is 5.63 Å². The average Bonchev–Trinajstić information content (AvgIpc) is 2.89. The number of ether oxygens (including phenoxy) is 1. The molecule has 0 amide bonds. The van der Waals surface area contributed by atoms with Crippen LogP contribution in [0.2, 0.25) is 0 Å². The van der Waals surface area contributed by atoms with Crippen molar-refractivity contribution in [1.82, 2.24) is 9.80 Å². The van der Waals surface area contributed by atoms with Gasteiger partial charge in [0.2, 0.25) is 0 Å². The smallest absolute Gasteiger partial charge is 0.336 e. The fourth-order valence-electron chi connectivity index (χ4n) is 4.59. The van der Waals surface area contributed by atoms with Gasteiger partial charge in [-0.15, -0.1) is 0 Å². The van der Waals surface area contributed by atoms with Crippen molar-refractivity contribution >= 4 is 16.7 Å². The fraction of sp³-hybridized carbons (Fsp3) is 0.250. The number of nitro groups is 1. The molecule has 1 aliphatic heterocycles. The predicted octanol–water partition coefficient (Wildman–Crippen LogP) is 4.60. The first-order valence-corrected chi connectivity index (χ1v) is 12.0. The minimum absolute atomic E-state index is 0.0102. The quantitative estimate of drug-likeness (QED) is 0.205. The lowest BCUT2D eigenvalue weighted by molar-refractivity contribution is -0.385. The Hall–Kier alpha value is -4.01. The minimum atomic E-state index is -0.425. The Kier molecular flexibility index (Phi) is 7.06. The zero-order chi connectivity index (χ0) is 24.9. The summed E-state index contributed by atoms with van der Waals surface area (Å²) >= 11 is 0. The molecule has 0 atom stereocenters. The molecule has 0 aliphatic carbocycles. The van der Waals surface area contributed by atoms with Crippen molar-refractivity contribution in [2.75, 3.05) is 26.2 Å². The molecule has 8 heteroatoms. The fourth-order valence-corrected chi connectivity index (χ4v) is 4.59. The minimum Gasteiger partial charge on any atom is -0.489 e. The number of benzene rings is 3. The van der Waals surface area contributed by atoms with Crippen molar-refractivity contribution in [1.29, 1.82) is 0 Å². The van der Waals surface area contributed by atoms with Crippen LogP contribution >= 0.6 is 0 Å². The molecule has 0 N–H and O–H groups in total. The van der Waals surface area contributed by atoms with Crippen LogP contribution < -0.4 is 10.4 Å². The first kappa shape index (κ1) is 23.7. The molecule has 0 unspecified atom stereocenters. The van der Waals surface area contributed by atoms with Gasteiger partial charge < -0.3 is 9.15 Å². The molecule has 0 spiro atoms. The Morgan fingerprint density at radius 3 is 2.28 bits per heavy atom. The molecule has 1 aliphatic rings. The van der Waals surface area contributed by atoms with Crippen LogP contribution in [0.15, 0.2) is 88.1 Å². The molecule has 8 nitrogen and oxygen atoms in total. The summed E-state index contributed by atoms with van der Waals surface area (Å²) in [5.41, 5.74) is 2.76. The number of hydrogen-bond acceptors (Lipinski definition) is 7. The van der Waals surface area contributed by atoms with E-state index < -0.39 is 10.5 Å². The van der Waals surface area contributed by atoms with E-state index in [0.29, 0.717) is 23.4 Å². The van der Waals surface area contributed by atoms with E-state index in [2.05, 4.69) is 34.1 Å². The van der Waals surface area contributed by atoms with E-state index >= 15 is 0 Å². The standard InChI is InChI=1S/C28H27N3O5/c32-28-16-23(19-30-14-12-29(13-15-30)18-21-6-2-1-3-7-21)25-11-10-24(17-27(25)36-28)35-20-22-8-4-5-9-26(22)31(33)34/h1-11,16-17H,12-15,18-20H2. The maximum absolute atomic E-state index is 12.3. The number of fused-ring (bicyclic) bond motifs is 1. The second kappa shape index (κ2) is 10.7. The van der Waals surface area contributed by atoms with Crippen molar-refractivity contribution in [2.24, 2.45) is 0 Å². The van der Waals surface area contributed by atoms with E-state index in [1.54, 1.807) is 36.4 Å². The summed E-state index contributed by atoms with van der Waals surface area (Å²) in [5.74, 6) is 0.482. The van der Waals surface area contributed by atoms with E-state index in [0.717, 1.165) is 43.7 Å². The number of nitrogens with zero attached hydrogens (tertiary/aromatic N) is 3. The van der Waals surface area contributed by atoms with Gasteiger partial charge in [-0.25, -0.2) is 4.79 Å². The van der Waals surface area contributed by atoms with Crippen LogP contribution in [0, 0.1) is 10.1 Å². The molecule has 4 aromatic rings. The highest BCUT2D eigenvalue weighted by Gasteiger charge is 2.19. The monoisotopic (exact) mass is 485 g/mol. The number of hydrogen-bond donors (Lipinski definition) is 0. The van der Waals surface area contributed by atoms with E-state index in [4.69, 9.17) is 9.15 Å². The Balaban J connectivity index is 1.25. The Morgan fingerprint density at radius 2 is 1.53 bits per heavy atom. The predicted molar refractivity (Wildman–Crippen MR) is 137 cm³/mol. The maximum atomic E-state index is 12.3. The molecule has 5 rings (SSSR count). The molecule has 0 saturated carbocycles. The lowest BCUT2D eigenvalue weighted by atomic mass is 10.1. The Labute approximate surface area is 208 Å². The molecular weight excluding hydrogens is 458 g/mol. The van der Waals surface area contributed by atoms with Crippen molar-refractivity contribution in [2.45, 2.75) is 19.7 Å². The SMILES string of the molecule is O=c1cc(CN2CCN(Cc3ccccc3)CC2)c2ccc(OCc3ccccc3[N+](=O)[O-])cc2o1. The second-order valence-corrected chi connectivity index (χ2v) is 8.96. The maximum Gasteiger partial charge on any atom is 0.336 e. The molecular formula is C28H27N3O5. The third-order valence-electron chi connectivity index (χ3n) is 6.49. The average molecular weight is 486 g/mol. The number of nitro benzene ring substituents is 1. The zero-order valence-corrected chi connectivity index (χ0v) is 19.8. The van der Waals surface area contributed by atoms with Crippen LogP contribution in [-0.4, -0.2) is 40.9 Å². The zero-order valence-electron chi connectivity index (χ0n) is 19.8. The van der Waals surface area contributed by atoms with Crippen LogP contribution in [0.3, 0.4) is 0 Å². The number of piperazine rings is 1. The Bertz CT molecular complexity index is 1410. The molecule has 0 bridgehead atoms. The molecule has 36 heavy (non-hydrogen) atoms. The highest BCUT2D eigenvalue weighted by molar-refractivity contribution is 5.81. The first-order valence-electron chi connectivity index (χ1n) is 12.0. The van der Waals surface area contributed by atoms with E-state index in [9.17, 15) is 14.9 Å². The highest BCUT2D eigenvalue weighted by Crippen LogP contribution is 2.26. The van der Waals surface area contributed by atoms with Gasteiger partial charge in [0.1, 0.15) is 17.9 Å². The van der Waals surface area contributed by atoms with Crippen LogP contribution in [-0.2, 0) is 19.7 Å². The lowest BCUT2D eigenvalue weighted by Gasteiger charge is -2.34. The van der Waals surface area contributed by atoms with Crippen molar-refractivity contribution in [3.05, 3.63) is 116 Å². The van der Waals surface area contributed by atoms with E-state index in [1.165, 1.54) is 11.6 Å². The summed E-state index contributed by atoms with van der Waals surface area (Å²) in [5, 5.41) is 12.1. The highest BCUT2D eigenvalue weighted by atomic mass is 16.6. The number of para-hydroxylation sites is 1. The largest absolute Gasteiger partial charge is 0.489 e. The first-order chi connectivity index (χ1) is 17.5. The topological polar surface area (TPSA) is 89.1 Å². The summed E-state index contributed by atoms with van der Waals surface area (Å²) in [4.78, 5) is 27.9. The lowest BCUT2D eigenvalue weighted by Crippen LogP contribution is -2.45. The van der Waals surface area contributed by atoms with Gasteiger partial charge in [0.15, 0.2) is 0 Å². The second-order valence-electron chi connectivity index (χ2n) is 8.96. The van der Waals surface area contributed by atoms with Crippen LogP contribution in [0.25, 0.3) is 11.0 Å². The molecule has 184 valence electrons. The summed E-state index contributed by atoms with van der Waals surface area (Å²) in [6.07, 6.45) is 0. The van der Waals surface area contributed by atoms with Gasteiger partial charge in [0, 0.05) is 62.9 Å². The van der Waals surface area contributed by atoms with Crippen molar-refractivity contribution in [3.63, 3.8) is 0 Å². The molecule has 2 heterocycles. The van der Waals surface area contributed by atoms with Gasteiger partial charge in [-0.05, 0) is 29.3 Å². The molecule has 1 fully saturated rings. The summed E-state index contributed by atoms with van der Waals surface area (Å²) in [7, 11) is 0. The summed E-state index contributed by atoms with van der Waals surface area (Å²) < 4.78 is 11.3. The van der Waals surface area contributed by atoms with Gasteiger partial charge in [-0.3, -0.25) is 19.9 Å². The van der Waals surface area contributed by atoms with E-state index in [-0.39, 0.29) is 12.3 Å². The molecule has 0 radical (unpaired) electrons. The van der Waals surface area contributed by atoms with Crippen LogP contribution in [0.1, 0.15) is 16.7 Å². The van der Waals surface area contributed by atoms with Gasteiger partial charge in [-0.2, -0.15) is 0 Å². The third kappa shape index (κ3) is 5.62. The van der Waals surface area contributed by atoms with Crippen LogP contribution in [0.4, 0.5) is 5.69 Å². The summed E-state index contributed by atoms with van der Waals surface area (Å²) in [6.45, 7) is 5.44. The van der Waals surface area contributed by atoms with Gasteiger partial charge in [0.05, 0.1) is 10.5 Å². The van der Waals surface area contributed by atoms with Gasteiger partial charge in [0.25, 0.3) is 5.69 Å². The molecule has 1 saturated heterocycles. The van der Waals surface area contributed by atoms with Crippen LogP contribution in [0.5, 0.6) is 5.75 Å². The molecule has 3 aromatic carbocycles. The Morgan fingerprint density at radius 1 is 0.833 bits per heavy atom. The normalized spacial score (nSPS) is 14.7.